The van der Waals surface area contributed by atoms with E-state index in [1.807, 2.05) is 23.9 Å². The minimum atomic E-state index is -0.748. The molecule has 3 aromatic rings. The molecular weight excluding hydrogens is 296 g/mol. The highest BCUT2D eigenvalue weighted by atomic mass is 16.5. The fourth-order valence-corrected chi connectivity index (χ4v) is 3.03. The molecule has 7 heteroatoms. The lowest BCUT2D eigenvalue weighted by Crippen LogP contribution is -2.38. The van der Waals surface area contributed by atoms with Gasteiger partial charge in [0.05, 0.1) is 25.4 Å². The molecule has 0 spiro atoms. The van der Waals surface area contributed by atoms with Crippen LogP contribution < -0.4 is 10.1 Å². The number of rotatable bonds is 2. The van der Waals surface area contributed by atoms with E-state index in [-0.39, 0.29) is 12.5 Å². The van der Waals surface area contributed by atoms with Gasteiger partial charge in [0.25, 0.3) is 5.91 Å². The van der Waals surface area contributed by atoms with Gasteiger partial charge in [-0.2, -0.15) is 0 Å². The van der Waals surface area contributed by atoms with E-state index in [1.54, 1.807) is 30.1 Å². The summed E-state index contributed by atoms with van der Waals surface area (Å²) in [6.45, 7) is 0.216. The van der Waals surface area contributed by atoms with Crippen molar-refractivity contribution in [2.45, 2.75) is 6.23 Å². The third-order valence-corrected chi connectivity index (χ3v) is 4.22. The summed E-state index contributed by atoms with van der Waals surface area (Å²) in [6.07, 6.45) is 4.80. The number of fused-ring (bicyclic) bond motifs is 2. The number of aromatic nitrogens is 3. The maximum atomic E-state index is 12.0. The molecule has 3 aromatic heterocycles. The van der Waals surface area contributed by atoms with Gasteiger partial charge in [0.1, 0.15) is 11.9 Å². The normalized spacial score (nSPS) is 17.2. The van der Waals surface area contributed by atoms with Crippen LogP contribution in [0.25, 0.3) is 22.0 Å². The number of carbonyl (C=O) groups excluding carboxylic acids is 1. The van der Waals surface area contributed by atoms with Crippen LogP contribution in [0.5, 0.6) is 5.88 Å². The topological polar surface area (TPSA) is 81.3 Å². The fourth-order valence-electron chi connectivity index (χ4n) is 3.03. The number of pyridine rings is 1. The summed E-state index contributed by atoms with van der Waals surface area (Å²) in [4.78, 5) is 16.2. The van der Waals surface area contributed by atoms with E-state index in [4.69, 9.17) is 4.74 Å². The van der Waals surface area contributed by atoms with Crippen LogP contribution in [0.15, 0.2) is 30.7 Å². The first-order valence-electron chi connectivity index (χ1n) is 7.26. The van der Waals surface area contributed by atoms with Crippen LogP contribution in [-0.4, -0.2) is 38.8 Å². The Morgan fingerprint density at radius 1 is 1.39 bits per heavy atom. The Morgan fingerprint density at radius 3 is 2.96 bits per heavy atom. The van der Waals surface area contributed by atoms with Gasteiger partial charge in [-0.25, -0.2) is 4.98 Å². The monoisotopic (exact) mass is 312 g/mol. The molecule has 0 aromatic carbocycles. The van der Waals surface area contributed by atoms with Crippen molar-refractivity contribution in [3.63, 3.8) is 0 Å². The molecule has 2 N–H and O–H groups in total. The van der Waals surface area contributed by atoms with Crippen LogP contribution in [0.2, 0.25) is 0 Å². The minimum Gasteiger partial charge on any atom is -0.481 e. The third-order valence-electron chi connectivity index (χ3n) is 4.22. The van der Waals surface area contributed by atoms with Gasteiger partial charge in [-0.1, -0.05) is 0 Å². The molecule has 1 aliphatic heterocycles. The molecule has 1 unspecified atom stereocenters. The Labute approximate surface area is 132 Å². The average molecular weight is 312 g/mol. The van der Waals surface area contributed by atoms with Gasteiger partial charge in [-0.15, -0.1) is 0 Å². The molecule has 1 aliphatic rings. The molecule has 23 heavy (non-hydrogen) atoms. The highest BCUT2D eigenvalue weighted by Gasteiger charge is 2.25. The van der Waals surface area contributed by atoms with Gasteiger partial charge in [0.15, 0.2) is 0 Å². The van der Waals surface area contributed by atoms with Crippen molar-refractivity contribution in [2.24, 2.45) is 7.05 Å². The van der Waals surface area contributed by atoms with Crippen molar-refractivity contribution < 1.29 is 14.6 Å². The number of nitrogens with one attached hydrogen (secondary N) is 1. The van der Waals surface area contributed by atoms with Crippen LogP contribution >= 0.6 is 0 Å². The third kappa shape index (κ3) is 2.01. The molecule has 0 bridgehead atoms. The number of β-amino-alcohol motifs (C(OH)–C–C–N with tert-alkyl or cyclic N) is 1. The number of carbonyl (C=O) groups is 1. The van der Waals surface area contributed by atoms with Crippen LogP contribution in [0.3, 0.4) is 0 Å². The van der Waals surface area contributed by atoms with Gasteiger partial charge < -0.3 is 24.3 Å². The molecule has 1 amide bonds. The summed E-state index contributed by atoms with van der Waals surface area (Å²) >= 11 is 0. The zero-order valence-electron chi connectivity index (χ0n) is 12.8. The number of methoxy groups -OCH3 is 1. The first-order valence-corrected chi connectivity index (χ1v) is 7.26. The van der Waals surface area contributed by atoms with Crippen molar-refractivity contribution in [3.8, 4) is 17.0 Å². The predicted molar refractivity (Wildman–Crippen MR) is 84.3 cm³/mol. The number of aryl methyl sites for hydroxylation is 1. The number of hydrogen-bond acceptors (Lipinski definition) is 4. The lowest BCUT2D eigenvalue weighted by Gasteiger charge is -2.21. The summed E-state index contributed by atoms with van der Waals surface area (Å²) < 4.78 is 8.79. The maximum absolute atomic E-state index is 12.0. The maximum Gasteiger partial charge on any atom is 0.268 e. The SMILES string of the molecule is COc1cc2c(-c3cc4n(c3)C(O)CNC4=O)cn(C)c2cn1. The Balaban J connectivity index is 1.93. The molecule has 7 nitrogen and oxygen atoms in total. The van der Waals surface area contributed by atoms with Crippen molar-refractivity contribution >= 4 is 16.8 Å². The molecule has 0 saturated heterocycles. The van der Waals surface area contributed by atoms with Crippen LogP contribution in [0.1, 0.15) is 16.7 Å². The van der Waals surface area contributed by atoms with E-state index >= 15 is 0 Å². The molecule has 1 atom stereocenters. The van der Waals surface area contributed by atoms with Gasteiger partial charge in [-0.3, -0.25) is 4.79 Å². The number of ether oxygens (including phenoxy) is 1. The Kier molecular flexibility index (Phi) is 2.92. The second-order valence-electron chi connectivity index (χ2n) is 5.61. The van der Waals surface area contributed by atoms with Gasteiger partial charge >= 0.3 is 0 Å². The minimum absolute atomic E-state index is 0.180. The number of hydrogen-bond donors (Lipinski definition) is 2. The summed E-state index contributed by atoms with van der Waals surface area (Å²) in [7, 11) is 3.52. The first-order chi connectivity index (χ1) is 11.1. The molecular formula is C16H16N4O3. The number of aliphatic hydroxyl groups is 1. The van der Waals surface area contributed by atoms with Gasteiger partial charge in [0.2, 0.25) is 5.88 Å². The summed E-state index contributed by atoms with van der Waals surface area (Å²) in [5, 5.41) is 13.7. The molecule has 0 radical (unpaired) electrons. The molecule has 0 fully saturated rings. The van der Waals surface area contributed by atoms with E-state index in [1.165, 1.54) is 0 Å². The summed E-state index contributed by atoms with van der Waals surface area (Å²) in [5.41, 5.74) is 3.26. The summed E-state index contributed by atoms with van der Waals surface area (Å²) in [6, 6.07) is 3.66. The van der Waals surface area contributed by atoms with Crippen molar-refractivity contribution in [1.29, 1.82) is 0 Å². The van der Waals surface area contributed by atoms with Crippen molar-refractivity contribution in [3.05, 3.63) is 36.4 Å². The molecule has 4 rings (SSSR count). The fraction of sp³-hybridized carbons (Fsp3) is 0.250. The second-order valence-corrected chi connectivity index (χ2v) is 5.61. The van der Waals surface area contributed by atoms with Crippen LogP contribution in [0.4, 0.5) is 0 Å². The Bertz CT molecular complexity index is 925. The van der Waals surface area contributed by atoms with Crippen molar-refractivity contribution in [1.82, 2.24) is 19.4 Å². The van der Waals surface area contributed by atoms with Gasteiger partial charge in [0, 0.05) is 42.0 Å². The molecule has 118 valence electrons. The highest BCUT2D eigenvalue weighted by molar-refractivity contribution is 5.99. The van der Waals surface area contributed by atoms with Crippen LogP contribution in [0, 0.1) is 0 Å². The first kappa shape index (κ1) is 13.8. The Hall–Kier alpha value is -2.80. The lowest BCUT2D eigenvalue weighted by atomic mass is 10.1. The van der Waals surface area contributed by atoms with E-state index in [9.17, 15) is 9.90 Å². The van der Waals surface area contributed by atoms with Crippen LogP contribution in [-0.2, 0) is 7.05 Å². The molecule has 0 aliphatic carbocycles. The van der Waals surface area contributed by atoms with E-state index in [0.29, 0.717) is 11.6 Å². The standard InChI is InChI=1S/C16H16N4O3/c1-19-8-11(10-4-14(23-2)17-5-13(10)19)9-3-12-16(22)18-6-15(21)20(12)7-9/h3-5,7-8,15,21H,6H2,1-2H3,(H,18,22). The van der Waals surface area contributed by atoms with Crippen molar-refractivity contribution in [2.75, 3.05) is 13.7 Å². The Morgan fingerprint density at radius 2 is 2.22 bits per heavy atom. The number of nitrogens with zero attached hydrogens (tertiary/aromatic N) is 3. The van der Waals surface area contributed by atoms with E-state index in [0.717, 1.165) is 22.0 Å². The zero-order chi connectivity index (χ0) is 16.1. The predicted octanol–water partition coefficient (Wildman–Crippen LogP) is 1.28. The van der Waals surface area contributed by atoms with Gasteiger partial charge in [-0.05, 0) is 6.07 Å². The second kappa shape index (κ2) is 4.85. The number of amides is 1. The smallest absolute Gasteiger partial charge is 0.268 e. The quantitative estimate of drug-likeness (QED) is 0.747. The number of aliphatic hydroxyl groups excluding tert-OH is 1. The zero-order valence-corrected chi connectivity index (χ0v) is 12.8. The van der Waals surface area contributed by atoms with E-state index < -0.39 is 6.23 Å². The average Bonchev–Trinajstić information content (AvgIpc) is 3.13. The highest BCUT2D eigenvalue weighted by Crippen LogP contribution is 2.34. The molecule has 0 saturated carbocycles. The lowest BCUT2D eigenvalue weighted by molar-refractivity contribution is 0.0664. The largest absolute Gasteiger partial charge is 0.481 e. The molecule has 4 heterocycles. The summed E-state index contributed by atoms with van der Waals surface area (Å²) in [5.74, 6) is 0.354. The van der Waals surface area contributed by atoms with E-state index in [2.05, 4.69) is 10.3 Å².